The average molecular weight is 292 g/mol. The number of hydrogen-bond acceptors (Lipinski definition) is 4. The topological polar surface area (TPSA) is 66.5 Å². The van der Waals surface area contributed by atoms with Gasteiger partial charge in [-0.05, 0) is 38.3 Å². The molecule has 2 N–H and O–H groups in total. The van der Waals surface area contributed by atoms with Gasteiger partial charge in [0.15, 0.2) is 5.82 Å². The highest BCUT2D eigenvalue weighted by molar-refractivity contribution is 5.92. The average Bonchev–Trinajstić information content (AvgIpc) is 2.99. The second kappa shape index (κ2) is 7.83. The summed E-state index contributed by atoms with van der Waals surface area (Å²) in [6, 6.07) is 3.59. The lowest BCUT2D eigenvalue weighted by Crippen LogP contribution is -2.37. The van der Waals surface area contributed by atoms with E-state index in [1.54, 1.807) is 13.3 Å². The van der Waals surface area contributed by atoms with E-state index in [-0.39, 0.29) is 12.1 Å². The summed E-state index contributed by atoms with van der Waals surface area (Å²) in [4.78, 5) is 18.7. The molecule has 1 fully saturated rings. The van der Waals surface area contributed by atoms with Crippen LogP contribution in [0.4, 0.5) is 16.3 Å². The molecule has 0 saturated carbocycles. The van der Waals surface area contributed by atoms with E-state index < -0.39 is 0 Å². The third-order valence-corrected chi connectivity index (χ3v) is 3.57. The first-order valence-corrected chi connectivity index (χ1v) is 7.47. The van der Waals surface area contributed by atoms with Gasteiger partial charge in [0.05, 0.1) is 5.69 Å². The molecule has 0 radical (unpaired) electrons. The Labute approximate surface area is 125 Å². The molecule has 0 unspecified atom stereocenters. The van der Waals surface area contributed by atoms with Crippen LogP contribution in [-0.4, -0.2) is 43.9 Å². The number of aromatic nitrogens is 1. The fourth-order valence-electron chi connectivity index (χ4n) is 2.42. The van der Waals surface area contributed by atoms with Crippen LogP contribution in [0.1, 0.15) is 26.2 Å². The fraction of sp³-hybridized carbons (Fsp3) is 0.600. The third-order valence-electron chi connectivity index (χ3n) is 3.57. The van der Waals surface area contributed by atoms with Crippen LogP contribution in [0.5, 0.6) is 0 Å². The molecular formula is C15H24N4O2. The van der Waals surface area contributed by atoms with Crippen molar-refractivity contribution < 1.29 is 9.53 Å². The highest BCUT2D eigenvalue weighted by atomic mass is 16.5. The normalized spacial score (nSPS) is 15.8. The number of urea groups is 1. The van der Waals surface area contributed by atoms with E-state index in [1.807, 2.05) is 19.1 Å². The number of ether oxygens (including phenoxy) is 1. The van der Waals surface area contributed by atoms with Gasteiger partial charge in [0, 0.05) is 39.0 Å². The predicted octanol–water partition coefficient (Wildman–Crippen LogP) is 2.23. The van der Waals surface area contributed by atoms with E-state index in [0.717, 1.165) is 31.0 Å². The van der Waals surface area contributed by atoms with Crippen LogP contribution >= 0.6 is 0 Å². The molecule has 6 heteroatoms. The Morgan fingerprint density at radius 2 is 2.24 bits per heavy atom. The standard InChI is InChI=1S/C15H24N4O2/c1-12(7-11-21-2)17-15(20)18-13-6-5-8-16-14(13)19-9-3-4-10-19/h5-6,8,12H,3-4,7,9-11H2,1-2H3,(H2,17,18,20)/t12-/m1/s1. The van der Waals surface area contributed by atoms with Crippen molar-refractivity contribution in [2.75, 3.05) is 37.0 Å². The Morgan fingerprint density at radius 1 is 1.48 bits per heavy atom. The largest absolute Gasteiger partial charge is 0.385 e. The van der Waals surface area contributed by atoms with Crippen molar-refractivity contribution in [2.24, 2.45) is 0 Å². The molecule has 1 saturated heterocycles. The Kier molecular flexibility index (Phi) is 5.80. The number of hydrogen-bond donors (Lipinski definition) is 2. The fourth-order valence-corrected chi connectivity index (χ4v) is 2.42. The molecule has 1 aliphatic rings. The van der Waals surface area contributed by atoms with E-state index in [0.29, 0.717) is 6.61 Å². The zero-order valence-corrected chi connectivity index (χ0v) is 12.8. The lowest BCUT2D eigenvalue weighted by molar-refractivity contribution is 0.185. The Balaban J connectivity index is 1.94. The van der Waals surface area contributed by atoms with Crippen LogP contribution < -0.4 is 15.5 Å². The molecule has 1 aliphatic heterocycles. The van der Waals surface area contributed by atoms with Crippen molar-refractivity contribution >= 4 is 17.5 Å². The van der Waals surface area contributed by atoms with E-state index in [4.69, 9.17) is 4.74 Å². The van der Waals surface area contributed by atoms with Gasteiger partial charge in [0.2, 0.25) is 0 Å². The molecule has 1 atom stereocenters. The van der Waals surface area contributed by atoms with Crippen molar-refractivity contribution in [1.29, 1.82) is 0 Å². The van der Waals surface area contributed by atoms with Gasteiger partial charge in [0.25, 0.3) is 0 Å². The summed E-state index contributed by atoms with van der Waals surface area (Å²) in [7, 11) is 1.66. The first-order chi connectivity index (χ1) is 10.2. The quantitative estimate of drug-likeness (QED) is 0.844. The van der Waals surface area contributed by atoms with Crippen molar-refractivity contribution in [3.8, 4) is 0 Å². The maximum Gasteiger partial charge on any atom is 0.319 e. The minimum absolute atomic E-state index is 0.0665. The van der Waals surface area contributed by atoms with Gasteiger partial charge >= 0.3 is 6.03 Å². The maximum absolute atomic E-state index is 12.0. The molecule has 0 aromatic carbocycles. The Hall–Kier alpha value is -1.82. The van der Waals surface area contributed by atoms with Crippen molar-refractivity contribution in [3.63, 3.8) is 0 Å². The summed E-state index contributed by atoms with van der Waals surface area (Å²) in [5.41, 5.74) is 0.760. The van der Waals surface area contributed by atoms with Gasteiger partial charge in [-0.25, -0.2) is 9.78 Å². The zero-order valence-electron chi connectivity index (χ0n) is 12.8. The molecule has 116 valence electrons. The molecule has 2 heterocycles. The lowest BCUT2D eigenvalue weighted by atomic mass is 10.2. The number of nitrogens with one attached hydrogen (secondary N) is 2. The predicted molar refractivity (Wildman–Crippen MR) is 83.8 cm³/mol. The lowest BCUT2D eigenvalue weighted by Gasteiger charge is -2.21. The van der Waals surface area contributed by atoms with Gasteiger partial charge in [-0.2, -0.15) is 0 Å². The van der Waals surface area contributed by atoms with E-state index in [1.165, 1.54) is 12.8 Å². The molecule has 1 aromatic heterocycles. The van der Waals surface area contributed by atoms with E-state index in [2.05, 4.69) is 20.5 Å². The highest BCUT2D eigenvalue weighted by Crippen LogP contribution is 2.25. The summed E-state index contributed by atoms with van der Waals surface area (Å²) in [5, 5.41) is 5.80. The Morgan fingerprint density at radius 3 is 2.95 bits per heavy atom. The van der Waals surface area contributed by atoms with Crippen molar-refractivity contribution in [1.82, 2.24) is 10.3 Å². The number of carbonyl (C=O) groups excluding carboxylic acids is 1. The van der Waals surface area contributed by atoms with Gasteiger partial charge in [-0.1, -0.05) is 0 Å². The van der Waals surface area contributed by atoms with E-state index >= 15 is 0 Å². The number of amides is 2. The van der Waals surface area contributed by atoms with Gasteiger partial charge in [-0.3, -0.25) is 0 Å². The molecule has 2 amide bonds. The molecule has 21 heavy (non-hydrogen) atoms. The molecule has 2 rings (SSSR count). The minimum Gasteiger partial charge on any atom is -0.385 e. The van der Waals surface area contributed by atoms with E-state index in [9.17, 15) is 4.79 Å². The molecule has 6 nitrogen and oxygen atoms in total. The van der Waals surface area contributed by atoms with Crippen LogP contribution in [0.15, 0.2) is 18.3 Å². The summed E-state index contributed by atoms with van der Waals surface area (Å²) < 4.78 is 5.01. The summed E-state index contributed by atoms with van der Waals surface area (Å²) >= 11 is 0. The smallest absolute Gasteiger partial charge is 0.319 e. The zero-order chi connectivity index (χ0) is 15.1. The molecule has 1 aromatic rings. The van der Waals surface area contributed by atoms with Crippen LogP contribution in [0.25, 0.3) is 0 Å². The highest BCUT2D eigenvalue weighted by Gasteiger charge is 2.18. The monoisotopic (exact) mass is 292 g/mol. The van der Waals surface area contributed by atoms with Gasteiger partial charge < -0.3 is 20.3 Å². The van der Waals surface area contributed by atoms with Gasteiger partial charge in [-0.15, -0.1) is 0 Å². The first-order valence-electron chi connectivity index (χ1n) is 7.47. The second-order valence-electron chi connectivity index (χ2n) is 5.35. The molecule has 0 bridgehead atoms. The second-order valence-corrected chi connectivity index (χ2v) is 5.35. The SMILES string of the molecule is COCC[C@@H](C)NC(=O)Nc1cccnc1N1CCCC1. The molecular weight excluding hydrogens is 268 g/mol. The van der Waals surface area contributed by atoms with Crippen LogP contribution in [0.3, 0.4) is 0 Å². The number of pyridine rings is 1. The Bertz CT molecular complexity index is 461. The van der Waals surface area contributed by atoms with Crippen LogP contribution in [0.2, 0.25) is 0 Å². The number of rotatable bonds is 6. The summed E-state index contributed by atoms with van der Waals surface area (Å²) in [6.45, 7) is 4.59. The van der Waals surface area contributed by atoms with Crippen LogP contribution in [0, 0.1) is 0 Å². The van der Waals surface area contributed by atoms with Crippen molar-refractivity contribution in [2.45, 2.75) is 32.2 Å². The number of methoxy groups -OCH3 is 1. The van der Waals surface area contributed by atoms with Gasteiger partial charge in [0.1, 0.15) is 0 Å². The number of carbonyl (C=O) groups is 1. The van der Waals surface area contributed by atoms with Crippen molar-refractivity contribution in [3.05, 3.63) is 18.3 Å². The summed E-state index contributed by atoms with van der Waals surface area (Å²) in [5.74, 6) is 0.856. The summed E-state index contributed by atoms with van der Waals surface area (Å²) in [6.07, 6.45) is 4.90. The molecule has 0 spiro atoms. The molecule has 0 aliphatic carbocycles. The maximum atomic E-state index is 12.0. The minimum atomic E-state index is -0.202. The first kappa shape index (κ1) is 15.6. The third kappa shape index (κ3) is 4.60. The number of nitrogens with zero attached hydrogens (tertiary/aromatic N) is 2. The number of anilines is 2. The van der Waals surface area contributed by atoms with Crippen LogP contribution in [-0.2, 0) is 4.74 Å².